The summed E-state index contributed by atoms with van der Waals surface area (Å²) in [6.45, 7) is 0. The summed E-state index contributed by atoms with van der Waals surface area (Å²) in [5.41, 5.74) is 0.334. The summed E-state index contributed by atoms with van der Waals surface area (Å²) in [5.74, 6) is -1.95. The van der Waals surface area contributed by atoms with Crippen LogP contribution in [0.1, 0.15) is 5.69 Å². The van der Waals surface area contributed by atoms with Gasteiger partial charge in [0.15, 0.2) is 5.82 Å². The van der Waals surface area contributed by atoms with Gasteiger partial charge in [0.1, 0.15) is 0 Å². The van der Waals surface area contributed by atoms with Crippen LogP contribution < -0.4 is 0 Å². The minimum Gasteiger partial charge on any atom is -0.221 e. The van der Waals surface area contributed by atoms with Crippen LogP contribution in [0.3, 0.4) is 0 Å². The quantitative estimate of drug-likeness (QED) is 0.456. The van der Waals surface area contributed by atoms with Crippen LogP contribution in [-0.2, 0) is 5.88 Å². The number of hydrogen-bond donors (Lipinski definition) is 0. The first kappa shape index (κ1) is 7.41. The fourth-order valence-corrected chi connectivity index (χ4v) is 0.678. The standard InChI is InChI=1S/C6H4ClF2N/c7-3-4-1-2-5(8)6(9)10-4/h1-2H,3H2. The first-order valence-electron chi connectivity index (χ1n) is 2.61. The topological polar surface area (TPSA) is 12.9 Å². The number of pyridine rings is 1. The van der Waals surface area contributed by atoms with Gasteiger partial charge in [-0.2, -0.15) is 4.39 Å². The van der Waals surface area contributed by atoms with Crippen LogP contribution in [0.5, 0.6) is 0 Å². The Morgan fingerprint density at radius 3 is 2.60 bits per heavy atom. The highest BCUT2D eigenvalue weighted by Crippen LogP contribution is 2.05. The molecule has 1 rings (SSSR count). The third-order valence-electron chi connectivity index (χ3n) is 0.998. The number of hydrogen-bond acceptors (Lipinski definition) is 1. The molecule has 10 heavy (non-hydrogen) atoms. The van der Waals surface area contributed by atoms with E-state index in [0.29, 0.717) is 5.69 Å². The average molecular weight is 164 g/mol. The van der Waals surface area contributed by atoms with Crippen LogP contribution >= 0.6 is 11.6 Å². The van der Waals surface area contributed by atoms with Gasteiger partial charge in [0.25, 0.3) is 0 Å². The van der Waals surface area contributed by atoms with Crippen LogP contribution in [0.15, 0.2) is 12.1 Å². The molecule has 0 saturated carbocycles. The van der Waals surface area contributed by atoms with Crippen molar-refractivity contribution < 1.29 is 8.78 Å². The van der Waals surface area contributed by atoms with Gasteiger partial charge < -0.3 is 0 Å². The van der Waals surface area contributed by atoms with E-state index in [0.717, 1.165) is 6.07 Å². The van der Waals surface area contributed by atoms with E-state index in [-0.39, 0.29) is 5.88 Å². The number of nitrogens with zero attached hydrogens (tertiary/aromatic N) is 1. The normalized spacial score (nSPS) is 9.90. The Labute approximate surface area is 61.7 Å². The maximum absolute atomic E-state index is 12.2. The fraction of sp³-hybridized carbons (Fsp3) is 0.167. The number of alkyl halides is 1. The van der Waals surface area contributed by atoms with E-state index < -0.39 is 11.8 Å². The molecule has 1 nitrogen and oxygen atoms in total. The smallest absolute Gasteiger partial charge is 0.221 e. The van der Waals surface area contributed by atoms with Crippen molar-refractivity contribution in [3.63, 3.8) is 0 Å². The first-order chi connectivity index (χ1) is 4.74. The lowest BCUT2D eigenvalue weighted by Gasteiger charge is -1.93. The molecule has 0 aliphatic heterocycles. The van der Waals surface area contributed by atoms with Gasteiger partial charge in [-0.3, -0.25) is 0 Å². The molecule has 0 aromatic carbocycles. The predicted molar refractivity (Wildman–Crippen MR) is 33.7 cm³/mol. The summed E-state index contributed by atoms with van der Waals surface area (Å²) in [6.07, 6.45) is 0. The summed E-state index contributed by atoms with van der Waals surface area (Å²) in [7, 11) is 0. The van der Waals surface area contributed by atoms with Crippen molar-refractivity contribution in [2.75, 3.05) is 0 Å². The van der Waals surface area contributed by atoms with Crippen LogP contribution in [0.4, 0.5) is 8.78 Å². The Morgan fingerprint density at radius 1 is 1.40 bits per heavy atom. The summed E-state index contributed by atoms with van der Waals surface area (Å²) in [4.78, 5) is 3.22. The van der Waals surface area contributed by atoms with E-state index in [1.807, 2.05) is 0 Å². The molecular formula is C6H4ClF2N. The van der Waals surface area contributed by atoms with E-state index >= 15 is 0 Å². The lowest BCUT2D eigenvalue weighted by atomic mass is 10.4. The van der Waals surface area contributed by atoms with Gasteiger partial charge in [0.2, 0.25) is 5.95 Å². The second-order valence-electron chi connectivity index (χ2n) is 1.71. The van der Waals surface area contributed by atoms with Gasteiger partial charge in [0.05, 0.1) is 11.6 Å². The summed E-state index contributed by atoms with van der Waals surface area (Å²) < 4.78 is 24.4. The van der Waals surface area contributed by atoms with Crippen molar-refractivity contribution in [1.29, 1.82) is 0 Å². The lowest BCUT2D eigenvalue weighted by molar-refractivity contribution is 0.476. The highest BCUT2D eigenvalue weighted by atomic mass is 35.5. The molecule has 0 unspecified atom stereocenters. The van der Waals surface area contributed by atoms with Crippen LogP contribution in [0.25, 0.3) is 0 Å². The van der Waals surface area contributed by atoms with Gasteiger partial charge in [-0.15, -0.1) is 11.6 Å². The largest absolute Gasteiger partial charge is 0.249 e. The maximum Gasteiger partial charge on any atom is 0.249 e. The predicted octanol–water partition coefficient (Wildman–Crippen LogP) is 2.10. The summed E-state index contributed by atoms with van der Waals surface area (Å²) >= 11 is 5.30. The summed E-state index contributed by atoms with van der Waals surface area (Å²) in [5, 5.41) is 0. The van der Waals surface area contributed by atoms with E-state index in [2.05, 4.69) is 4.98 Å². The van der Waals surface area contributed by atoms with Crippen molar-refractivity contribution in [2.45, 2.75) is 5.88 Å². The zero-order valence-corrected chi connectivity index (χ0v) is 5.70. The Balaban J connectivity index is 3.04. The van der Waals surface area contributed by atoms with E-state index in [4.69, 9.17) is 11.6 Å². The van der Waals surface area contributed by atoms with E-state index in [1.165, 1.54) is 6.07 Å². The maximum atomic E-state index is 12.2. The van der Waals surface area contributed by atoms with Gasteiger partial charge in [-0.05, 0) is 12.1 Å². The van der Waals surface area contributed by atoms with Crippen LogP contribution in [0, 0.1) is 11.8 Å². The van der Waals surface area contributed by atoms with Crippen molar-refractivity contribution in [3.8, 4) is 0 Å². The number of halogens is 3. The molecule has 1 aromatic rings. The van der Waals surface area contributed by atoms with Crippen molar-refractivity contribution in [1.82, 2.24) is 4.98 Å². The molecule has 0 amide bonds. The third kappa shape index (κ3) is 1.42. The molecule has 0 spiro atoms. The monoisotopic (exact) mass is 163 g/mol. The van der Waals surface area contributed by atoms with Crippen molar-refractivity contribution in [3.05, 3.63) is 29.6 Å². The van der Waals surface area contributed by atoms with E-state index in [9.17, 15) is 8.78 Å². The molecule has 54 valence electrons. The van der Waals surface area contributed by atoms with Crippen molar-refractivity contribution in [2.24, 2.45) is 0 Å². The molecule has 1 aromatic heterocycles. The highest BCUT2D eigenvalue weighted by Gasteiger charge is 2.01. The Morgan fingerprint density at radius 2 is 2.10 bits per heavy atom. The molecular weight excluding hydrogens is 160 g/mol. The van der Waals surface area contributed by atoms with Gasteiger partial charge in [-0.1, -0.05) is 0 Å². The lowest BCUT2D eigenvalue weighted by Crippen LogP contribution is -1.92. The van der Waals surface area contributed by atoms with Gasteiger partial charge in [-0.25, -0.2) is 9.37 Å². The van der Waals surface area contributed by atoms with Crippen LogP contribution in [0.2, 0.25) is 0 Å². The van der Waals surface area contributed by atoms with Gasteiger partial charge >= 0.3 is 0 Å². The highest BCUT2D eigenvalue weighted by molar-refractivity contribution is 6.16. The molecule has 0 saturated heterocycles. The molecule has 0 bridgehead atoms. The fourth-order valence-electron chi connectivity index (χ4n) is 0.529. The first-order valence-corrected chi connectivity index (χ1v) is 3.14. The minimum absolute atomic E-state index is 0.0944. The Bertz CT molecular complexity index is 239. The third-order valence-corrected chi connectivity index (χ3v) is 1.27. The molecule has 0 radical (unpaired) electrons. The number of rotatable bonds is 1. The SMILES string of the molecule is Fc1ccc(CCl)nc1F. The molecule has 0 fully saturated rings. The second-order valence-corrected chi connectivity index (χ2v) is 1.98. The molecule has 4 heteroatoms. The molecule has 0 N–H and O–H groups in total. The molecule has 0 atom stereocenters. The van der Waals surface area contributed by atoms with Gasteiger partial charge in [0, 0.05) is 0 Å². The molecule has 1 heterocycles. The average Bonchev–Trinajstić information content (AvgIpc) is 1.95. The molecule has 0 aliphatic carbocycles. The zero-order chi connectivity index (χ0) is 7.56. The van der Waals surface area contributed by atoms with Crippen LogP contribution in [-0.4, -0.2) is 4.98 Å². The number of aromatic nitrogens is 1. The Hall–Kier alpha value is -0.700. The van der Waals surface area contributed by atoms with E-state index in [1.54, 1.807) is 0 Å². The minimum atomic E-state index is -1.10. The molecule has 0 aliphatic rings. The van der Waals surface area contributed by atoms with Crippen molar-refractivity contribution >= 4 is 11.6 Å². The zero-order valence-electron chi connectivity index (χ0n) is 4.94. The second kappa shape index (κ2) is 2.92. The Kier molecular flexibility index (Phi) is 2.17. The summed E-state index contributed by atoms with van der Waals surface area (Å²) in [6, 6.07) is 2.34.